The van der Waals surface area contributed by atoms with E-state index in [2.05, 4.69) is 45.6 Å². The Morgan fingerprint density at radius 2 is 1.68 bits per heavy atom. The number of unbranched alkanes of at least 4 members (excludes halogenated alkanes) is 2. The Morgan fingerprint density at radius 3 is 2.47 bits per heavy atom. The topological polar surface area (TPSA) is 74.8 Å². The van der Waals surface area contributed by atoms with Gasteiger partial charge in [0.25, 0.3) is 0 Å². The molecule has 1 aromatic heterocycles. The van der Waals surface area contributed by atoms with Crippen LogP contribution in [0.1, 0.15) is 57.2 Å². The highest BCUT2D eigenvalue weighted by Crippen LogP contribution is 2.27. The highest BCUT2D eigenvalue weighted by molar-refractivity contribution is 5.95. The van der Waals surface area contributed by atoms with Crippen LogP contribution in [-0.2, 0) is 9.59 Å². The lowest BCUT2D eigenvalue weighted by molar-refractivity contribution is -0.119. The minimum atomic E-state index is -0.392. The van der Waals surface area contributed by atoms with E-state index in [1.807, 2.05) is 55.6 Å². The Bertz CT molecular complexity index is 1250. The van der Waals surface area contributed by atoms with Crippen LogP contribution >= 0.6 is 0 Å². The third-order valence-corrected chi connectivity index (χ3v) is 6.19. The predicted octanol–water partition coefficient (Wildman–Crippen LogP) is 6.88. The summed E-state index contributed by atoms with van der Waals surface area (Å²) in [5.41, 5.74) is 2.71. The van der Waals surface area contributed by atoms with Gasteiger partial charge in [-0.3, -0.25) is 9.59 Å². The quantitative estimate of drug-likeness (QED) is 0.243. The molecule has 5 nitrogen and oxygen atoms in total. The summed E-state index contributed by atoms with van der Waals surface area (Å²) in [7, 11) is 0. The van der Waals surface area contributed by atoms with Gasteiger partial charge in [-0.15, -0.1) is 0 Å². The van der Waals surface area contributed by atoms with Crippen molar-refractivity contribution in [3.05, 3.63) is 84.8 Å². The molecule has 1 atom stereocenters. The summed E-state index contributed by atoms with van der Waals surface area (Å²) in [6.07, 6.45) is 6.32. The van der Waals surface area contributed by atoms with Gasteiger partial charge in [-0.1, -0.05) is 74.4 Å². The summed E-state index contributed by atoms with van der Waals surface area (Å²) in [6, 6.07) is 24.1. The van der Waals surface area contributed by atoms with Crippen molar-refractivity contribution in [3.63, 3.8) is 0 Å². The summed E-state index contributed by atoms with van der Waals surface area (Å²) in [5.74, 6) is 0.497. The van der Waals surface area contributed by atoms with Gasteiger partial charge in [0.1, 0.15) is 11.6 Å². The second-order valence-corrected chi connectivity index (χ2v) is 8.64. The van der Waals surface area contributed by atoms with Gasteiger partial charge in [0.2, 0.25) is 5.91 Å². The van der Waals surface area contributed by atoms with Crippen molar-refractivity contribution >= 4 is 28.2 Å². The number of H-pyrrole nitrogens is 1. The summed E-state index contributed by atoms with van der Waals surface area (Å²) in [5, 5.41) is 5.38. The van der Waals surface area contributed by atoms with E-state index in [1.54, 1.807) is 0 Å². The number of hydrogen-bond donors (Lipinski definition) is 2. The van der Waals surface area contributed by atoms with Crippen molar-refractivity contribution in [1.82, 2.24) is 9.97 Å². The molecule has 34 heavy (non-hydrogen) atoms. The predicted molar refractivity (Wildman–Crippen MR) is 138 cm³/mol. The molecule has 0 fully saturated rings. The first kappa shape index (κ1) is 23.4. The van der Waals surface area contributed by atoms with Gasteiger partial charge < -0.3 is 10.3 Å². The number of rotatable bonds is 11. The molecule has 1 amide bonds. The van der Waals surface area contributed by atoms with Crippen LogP contribution in [0.4, 0.5) is 5.69 Å². The van der Waals surface area contributed by atoms with Crippen LogP contribution in [0, 0.1) is 0 Å². The zero-order chi connectivity index (χ0) is 23.8. The number of aromatic amines is 1. The number of Topliss-reactive ketones (excluding diaryl/α,β-unsaturated/α-hetero) is 1. The number of hydrogen-bond acceptors (Lipinski definition) is 3. The monoisotopic (exact) mass is 453 g/mol. The number of ketones is 1. The van der Waals surface area contributed by atoms with Crippen molar-refractivity contribution in [2.24, 2.45) is 0 Å². The van der Waals surface area contributed by atoms with Gasteiger partial charge in [-0.25, -0.2) is 4.98 Å². The molecular weight excluding hydrogens is 422 g/mol. The molecule has 0 aliphatic heterocycles. The molecular formula is C29H31N3O2. The number of aromatic nitrogens is 2. The largest absolute Gasteiger partial charge is 0.341 e. The molecule has 0 aliphatic rings. The van der Waals surface area contributed by atoms with Crippen molar-refractivity contribution in [1.29, 1.82) is 0 Å². The van der Waals surface area contributed by atoms with E-state index in [1.165, 1.54) is 5.39 Å². The molecule has 0 saturated heterocycles. The Kier molecular flexibility index (Phi) is 7.87. The zero-order valence-electron chi connectivity index (χ0n) is 19.6. The Morgan fingerprint density at radius 1 is 0.912 bits per heavy atom. The van der Waals surface area contributed by atoms with Crippen molar-refractivity contribution in [2.75, 3.05) is 5.32 Å². The molecule has 4 aromatic rings. The molecule has 0 aliphatic carbocycles. The van der Waals surface area contributed by atoms with E-state index in [9.17, 15) is 9.59 Å². The van der Waals surface area contributed by atoms with E-state index >= 15 is 0 Å². The molecule has 174 valence electrons. The first-order valence-electron chi connectivity index (χ1n) is 12.1. The average molecular weight is 454 g/mol. The van der Waals surface area contributed by atoms with Gasteiger partial charge in [0, 0.05) is 24.1 Å². The van der Waals surface area contributed by atoms with Gasteiger partial charge in [0.15, 0.2) is 0 Å². The lowest BCUT2D eigenvalue weighted by Crippen LogP contribution is -2.22. The molecule has 0 spiro atoms. The second kappa shape index (κ2) is 11.4. The number of benzene rings is 3. The van der Waals surface area contributed by atoms with E-state index in [-0.39, 0.29) is 5.91 Å². The van der Waals surface area contributed by atoms with Crippen LogP contribution in [0.3, 0.4) is 0 Å². The molecule has 0 radical (unpaired) electrons. The van der Waals surface area contributed by atoms with E-state index in [0.717, 1.165) is 41.6 Å². The molecule has 3 aromatic carbocycles. The fraction of sp³-hybridized carbons (Fsp3) is 0.276. The van der Waals surface area contributed by atoms with Crippen molar-refractivity contribution in [2.45, 2.75) is 51.4 Å². The molecule has 0 saturated carbocycles. The third kappa shape index (κ3) is 5.98. The molecule has 5 heteroatoms. The fourth-order valence-corrected chi connectivity index (χ4v) is 4.18. The summed E-state index contributed by atoms with van der Waals surface area (Å²) in [6.45, 7) is 1.90. The first-order valence-corrected chi connectivity index (χ1v) is 12.1. The first-order chi connectivity index (χ1) is 16.6. The fourth-order valence-electron chi connectivity index (χ4n) is 4.18. The van der Waals surface area contributed by atoms with Gasteiger partial charge in [-0.2, -0.15) is 0 Å². The van der Waals surface area contributed by atoms with Crippen molar-refractivity contribution in [3.8, 4) is 11.3 Å². The molecule has 1 unspecified atom stereocenters. The number of imidazole rings is 1. The number of carbonyl (C=O) groups excluding carboxylic acids is 2. The lowest BCUT2D eigenvalue weighted by Gasteiger charge is -2.15. The van der Waals surface area contributed by atoms with Crippen LogP contribution in [0.5, 0.6) is 0 Å². The molecule has 0 bridgehead atoms. The van der Waals surface area contributed by atoms with E-state index in [4.69, 9.17) is 0 Å². The van der Waals surface area contributed by atoms with Crippen LogP contribution in [0.2, 0.25) is 0 Å². The maximum atomic E-state index is 13.2. The van der Waals surface area contributed by atoms with Crippen LogP contribution < -0.4 is 5.32 Å². The molecule has 2 N–H and O–H groups in total. The minimum Gasteiger partial charge on any atom is -0.341 e. The number of nitrogens with zero attached hydrogens (tertiary/aromatic N) is 1. The summed E-state index contributed by atoms with van der Waals surface area (Å²) in [4.78, 5) is 32.8. The van der Waals surface area contributed by atoms with Gasteiger partial charge in [-0.05, 0) is 41.8 Å². The highest BCUT2D eigenvalue weighted by Gasteiger charge is 2.24. The van der Waals surface area contributed by atoms with Crippen LogP contribution in [0.25, 0.3) is 22.0 Å². The number of para-hydroxylation sites is 1. The maximum Gasteiger partial charge on any atom is 0.235 e. The van der Waals surface area contributed by atoms with Crippen molar-refractivity contribution < 1.29 is 9.59 Å². The summed E-state index contributed by atoms with van der Waals surface area (Å²) < 4.78 is 0. The molecule has 1 heterocycles. The number of anilines is 1. The number of nitrogens with one attached hydrogen (secondary N) is 2. The van der Waals surface area contributed by atoms with Gasteiger partial charge >= 0.3 is 0 Å². The van der Waals surface area contributed by atoms with Gasteiger partial charge in [0.05, 0.1) is 17.8 Å². The minimum absolute atomic E-state index is 0.0738. The average Bonchev–Trinajstić information content (AvgIpc) is 3.36. The second-order valence-electron chi connectivity index (χ2n) is 8.64. The Balaban J connectivity index is 1.50. The number of carbonyl (C=O) groups is 2. The smallest absolute Gasteiger partial charge is 0.235 e. The Hall–Kier alpha value is -3.73. The van der Waals surface area contributed by atoms with Crippen LogP contribution in [-0.4, -0.2) is 21.7 Å². The van der Waals surface area contributed by atoms with E-state index in [0.29, 0.717) is 30.9 Å². The zero-order valence-corrected chi connectivity index (χ0v) is 19.6. The Labute approximate surface area is 200 Å². The number of fused-ring (bicyclic) bond motifs is 1. The van der Waals surface area contributed by atoms with Crippen LogP contribution in [0.15, 0.2) is 79.0 Å². The highest BCUT2D eigenvalue weighted by atomic mass is 16.2. The molecule has 4 rings (SSSR count). The third-order valence-electron chi connectivity index (χ3n) is 6.19. The summed E-state index contributed by atoms with van der Waals surface area (Å²) >= 11 is 0. The SMILES string of the molecule is CCC(=O)CCCCCC(C(=O)Nc1ccccc1)c1ncc(-c2ccc3ccccc3c2)[nH]1. The lowest BCUT2D eigenvalue weighted by atomic mass is 9.98. The maximum absolute atomic E-state index is 13.2. The standard InChI is InChI=1S/C29H31N3O2/c1-2-25(33)15-7-4-8-16-26(29(34)31-24-13-5-3-6-14-24)28-30-20-27(32-28)23-18-17-21-11-9-10-12-22(21)19-23/h3,5-6,9-14,17-20,26H,2,4,7-8,15-16H2,1H3,(H,30,32)(H,31,34). The normalized spacial score (nSPS) is 11.9. The number of amides is 1. The van der Waals surface area contributed by atoms with E-state index < -0.39 is 5.92 Å².